The van der Waals surface area contributed by atoms with Crippen LogP contribution in [0.5, 0.6) is 5.75 Å². The molecule has 0 radical (unpaired) electrons. The van der Waals surface area contributed by atoms with Crippen molar-refractivity contribution in [1.82, 2.24) is 5.32 Å². The molecule has 1 aromatic heterocycles. The summed E-state index contributed by atoms with van der Waals surface area (Å²) in [6, 6.07) is 6.16. The molecule has 27 heavy (non-hydrogen) atoms. The third kappa shape index (κ3) is 6.05. The molecule has 146 valence electrons. The van der Waals surface area contributed by atoms with E-state index in [2.05, 4.69) is 0 Å². The van der Waals surface area contributed by atoms with Crippen LogP contribution in [0.1, 0.15) is 33.9 Å². The number of aryl methyl sites for hydroxylation is 2. The third-order valence-corrected chi connectivity index (χ3v) is 3.62. The molecule has 0 fully saturated rings. The fourth-order valence-corrected chi connectivity index (χ4v) is 2.35. The van der Waals surface area contributed by atoms with Gasteiger partial charge in [-0.25, -0.2) is 4.79 Å². The zero-order chi connectivity index (χ0) is 20.2. The summed E-state index contributed by atoms with van der Waals surface area (Å²) in [7, 11) is 0. The van der Waals surface area contributed by atoms with Gasteiger partial charge >= 0.3 is 12.1 Å². The van der Waals surface area contributed by atoms with Gasteiger partial charge in [-0.1, -0.05) is 17.7 Å². The maximum atomic E-state index is 12.4. The number of aliphatic carboxylic acids is 1. The molecule has 2 aromatic rings. The second-order valence-corrected chi connectivity index (χ2v) is 6.01. The molecule has 6 nitrogen and oxygen atoms in total. The molecule has 0 saturated carbocycles. The molecule has 1 amide bonds. The van der Waals surface area contributed by atoms with Crippen LogP contribution in [0.25, 0.3) is 0 Å². The monoisotopic (exact) mass is 385 g/mol. The molecule has 9 heteroatoms. The summed E-state index contributed by atoms with van der Waals surface area (Å²) < 4.78 is 48.0. The highest BCUT2D eigenvalue weighted by Gasteiger charge is 2.36. The number of ether oxygens (including phenoxy) is 1. The number of amides is 1. The highest BCUT2D eigenvalue weighted by atomic mass is 19.4. The Morgan fingerprint density at radius 3 is 2.52 bits per heavy atom. The fraction of sp³-hybridized carbons (Fsp3) is 0.333. The first-order valence-corrected chi connectivity index (χ1v) is 7.94. The maximum absolute atomic E-state index is 12.4. The van der Waals surface area contributed by atoms with E-state index in [1.54, 1.807) is 11.4 Å². The molecule has 0 aliphatic rings. The number of carbonyl (C=O) groups is 2. The summed E-state index contributed by atoms with van der Waals surface area (Å²) in [4.78, 5) is 22.8. The van der Waals surface area contributed by atoms with Crippen LogP contribution in [-0.4, -0.2) is 29.2 Å². The Morgan fingerprint density at radius 1 is 1.22 bits per heavy atom. The van der Waals surface area contributed by atoms with Crippen molar-refractivity contribution in [2.24, 2.45) is 0 Å². The van der Waals surface area contributed by atoms with Crippen LogP contribution in [0.3, 0.4) is 0 Å². The van der Waals surface area contributed by atoms with E-state index in [4.69, 9.17) is 14.3 Å². The zero-order valence-electron chi connectivity index (χ0n) is 14.6. The minimum atomic E-state index is -4.73. The standard InChI is InChI=1S/C18H18F3NO5/c1-10-3-5-14(11(2)7-10)26-9-12-4-6-15(27-12)16(23)22-13(17(24)25)8-18(19,20)21/h3-7,13H,8-9H2,1-2H3,(H,22,23)(H,24,25). The van der Waals surface area contributed by atoms with Gasteiger partial charge in [-0.3, -0.25) is 4.79 Å². The molecule has 1 unspecified atom stereocenters. The summed E-state index contributed by atoms with van der Waals surface area (Å²) >= 11 is 0. The Morgan fingerprint density at radius 2 is 1.93 bits per heavy atom. The summed E-state index contributed by atoms with van der Waals surface area (Å²) in [6.07, 6.45) is -6.41. The number of alkyl halides is 3. The number of benzene rings is 1. The molecule has 0 bridgehead atoms. The molecule has 0 aliphatic heterocycles. The minimum absolute atomic E-state index is 0.00207. The van der Waals surface area contributed by atoms with Crippen molar-refractivity contribution in [1.29, 1.82) is 0 Å². The number of nitrogens with one attached hydrogen (secondary N) is 1. The molecule has 2 rings (SSSR count). The van der Waals surface area contributed by atoms with Crippen LogP contribution >= 0.6 is 0 Å². The number of rotatable bonds is 7. The first-order valence-electron chi connectivity index (χ1n) is 7.94. The topological polar surface area (TPSA) is 88.8 Å². The molecule has 1 heterocycles. The first-order chi connectivity index (χ1) is 12.5. The van der Waals surface area contributed by atoms with E-state index >= 15 is 0 Å². The number of furan rings is 1. The van der Waals surface area contributed by atoms with Crippen molar-refractivity contribution >= 4 is 11.9 Å². The molecule has 1 aromatic carbocycles. The van der Waals surface area contributed by atoms with Gasteiger partial charge in [0.2, 0.25) is 0 Å². The van der Waals surface area contributed by atoms with E-state index in [0.29, 0.717) is 5.75 Å². The van der Waals surface area contributed by atoms with Crippen LogP contribution in [0, 0.1) is 13.8 Å². The minimum Gasteiger partial charge on any atom is -0.485 e. The van der Waals surface area contributed by atoms with Gasteiger partial charge in [-0.2, -0.15) is 13.2 Å². The van der Waals surface area contributed by atoms with Crippen LogP contribution in [0.15, 0.2) is 34.7 Å². The van der Waals surface area contributed by atoms with Crippen molar-refractivity contribution in [2.45, 2.75) is 39.1 Å². The zero-order valence-corrected chi connectivity index (χ0v) is 14.6. The average Bonchev–Trinajstić information content (AvgIpc) is 3.01. The van der Waals surface area contributed by atoms with Crippen molar-refractivity contribution in [3.63, 3.8) is 0 Å². The summed E-state index contributed by atoms with van der Waals surface area (Å²) in [5.74, 6) is -2.25. The lowest BCUT2D eigenvalue weighted by molar-refractivity contribution is -0.157. The van der Waals surface area contributed by atoms with Gasteiger partial charge in [-0.05, 0) is 37.6 Å². The van der Waals surface area contributed by atoms with E-state index in [1.165, 1.54) is 12.1 Å². The van der Waals surface area contributed by atoms with Gasteiger partial charge in [0.25, 0.3) is 5.91 Å². The second kappa shape index (κ2) is 8.15. The fourth-order valence-electron chi connectivity index (χ4n) is 2.35. The Kier molecular flexibility index (Phi) is 6.14. The number of carboxylic acids is 1. The predicted molar refractivity (Wildman–Crippen MR) is 88.5 cm³/mol. The Bertz CT molecular complexity index is 829. The van der Waals surface area contributed by atoms with E-state index < -0.39 is 30.5 Å². The molecule has 0 aliphatic carbocycles. The van der Waals surface area contributed by atoms with Crippen LogP contribution in [0.4, 0.5) is 13.2 Å². The largest absolute Gasteiger partial charge is 0.485 e. The Labute approximate surface area is 152 Å². The summed E-state index contributed by atoms with van der Waals surface area (Å²) in [6.45, 7) is 3.81. The summed E-state index contributed by atoms with van der Waals surface area (Å²) in [5, 5.41) is 10.6. The van der Waals surface area contributed by atoms with Crippen molar-refractivity contribution in [3.8, 4) is 5.75 Å². The van der Waals surface area contributed by atoms with Crippen molar-refractivity contribution in [3.05, 3.63) is 53.0 Å². The molecule has 0 saturated heterocycles. The van der Waals surface area contributed by atoms with Gasteiger partial charge in [0.1, 0.15) is 24.2 Å². The number of carboxylic acid groups (broad SMARTS) is 1. The average molecular weight is 385 g/mol. The summed E-state index contributed by atoms with van der Waals surface area (Å²) in [5.41, 5.74) is 1.99. The lowest BCUT2D eigenvalue weighted by atomic mass is 10.1. The van der Waals surface area contributed by atoms with Crippen LogP contribution in [-0.2, 0) is 11.4 Å². The van der Waals surface area contributed by atoms with Gasteiger partial charge in [0.15, 0.2) is 5.76 Å². The molecule has 1 atom stereocenters. The highest BCUT2D eigenvalue weighted by Crippen LogP contribution is 2.23. The maximum Gasteiger partial charge on any atom is 0.391 e. The number of carbonyl (C=O) groups excluding carboxylic acids is 1. The lowest BCUT2D eigenvalue weighted by Gasteiger charge is -2.15. The smallest absolute Gasteiger partial charge is 0.391 e. The van der Waals surface area contributed by atoms with Crippen LogP contribution in [0.2, 0.25) is 0 Å². The quantitative estimate of drug-likeness (QED) is 0.760. The Balaban J connectivity index is 1.99. The highest BCUT2D eigenvalue weighted by molar-refractivity contribution is 5.94. The lowest BCUT2D eigenvalue weighted by Crippen LogP contribution is -2.43. The van der Waals surface area contributed by atoms with Crippen molar-refractivity contribution in [2.75, 3.05) is 0 Å². The molecular formula is C18H18F3NO5. The van der Waals surface area contributed by atoms with E-state index in [1.807, 2.05) is 26.0 Å². The van der Waals surface area contributed by atoms with Gasteiger partial charge in [0.05, 0.1) is 6.42 Å². The van der Waals surface area contributed by atoms with Gasteiger partial charge in [0, 0.05) is 0 Å². The van der Waals surface area contributed by atoms with E-state index in [0.717, 1.165) is 11.1 Å². The van der Waals surface area contributed by atoms with Gasteiger partial charge in [-0.15, -0.1) is 0 Å². The Hall–Kier alpha value is -2.97. The molecular weight excluding hydrogens is 367 g/mol. The van der Waals surface area contributed by atoms with Crippen LogP contribution < -0.4 is 10.1 Å². The molecule has 2 N–H and O–H groups in total. The predicted octanol–water partition coefficient (Wildman–Crippen LogP) is 3.61. The van der Waals surface area contributed by atoms with E-state index in [9.17, 15) is 22.8 Å². The third-order valence-electron chi connectivity index (χ3n) is 3.62. The second-order valence-electron chi connectivity index (χ2n) is 6.01. The molecule has 0 spiro atoms. The number of hydrogen-bond acceptors (Lipinski definition) is 4. The number of hydrogen-bond donors (Lipinski definition) is 2. The SMILES string of the molecule is Cc1ccc(OCc2ccc(C(=O)NC(CC(F)(F)F)C(=O)O)o2)c(C)c1. The van der Waals surface area contributed by atoms with Gasteiger partial charge < -0.3 is 19.6 Å². The van der Waals surface area contributed by atoms with E-state index in [-0.39, 0.29) is 18.1 Å². The normalized spacial score (nSPS) is 12.5. The van der Waals surface area contributed by atoms with Crippen molar-refractivity contribution < 1.29 is 37.0 Å². The first kappa shape index (κ1) is 20.3. The number of halogens is 3.